The van der Waals surface area contributed by atoms with Crippen LogP contribution in [0.4, 0.5) is 0 Å². The van der Waals surface area contributed by atoms with Crippen LogP contribution in [0.5, 0.6) is 0 Å². The first-order chi connectivity index (χ1) is 6.65. The first-order valence-corrected chi connectivity index (χ1v) is 6.07. The fourth-order valence-corrected chi connectivity index (χ4v) is 2.35. The topological polar surface area (TPSA) is 66.4 Å². The first kappa shape index (κ1) is 11.4. The molecule has 78 valence electrons. The molecule has 0 aliphatic rings. The van der Waals surface area contributed by atoms with Gasteiger partial charge in [-0.3, -0.25) is 4.21 Å². The highest BCUT2D eigenvalue weighted by atomic mass is 32.2. The van der Waals surface area contributed by atoms with Crippen molar-refractivity contribution in [2.75, 3.05) is 6.61 Å². The Bertz CT molecular complexity index is 345. The summed E-state index contributed by atoms with van der Waals surface area (Å²) in [6.07, 6.45) is 0. The zero-order valence-electron chi connectivity index (χ0n) is 7.52. The maximum Gasteiger partial charge on any atom is 0.348 e. The number of hydrogen-bond acceptors (Lipinski definition) is 5. The van der Waals surface area contributed by atoms with E-state index in [0.29, 0.717) is 10.4 Å². The van der Waals surface area contributed by atoms with Gasteiger partial charge in [0.25, 0.3) is 0 Å². The molecule has 0 aromatic carbocycles. The fraction of sp³-hybridized carbons (Fsp3) is 0.375. The molecule has 1 aromatic rings. The SMILES string of the molecule is CCOC(=O)c1sccc1CS(=O)[O-]. The summed E-state index contributed by atoms with van der Waals surface area (Å²) >= 11 is -0.985. The average Bonchev–Trinajstić information content (AvgIpc) is 2.51. The number of esters is 1. The zero-order valence-corrected chi connectivity index (χ0v) is 9.15. The van der Waals surface area contributed by atoms with Gasteiger partial charge in [-0.05, 0) is 23.9 Å². The quantitative estimate of drug-likeness (QED) is 0.581. The molecule has 6 heteroatoms. The predicted octanol–water partition coefficient (Wildman–Crippen LogP) is 1.30. The van der Waals surface area contributed by atoms with Gasteiger partial charge in [0.2, 0.25) is 0 Å². The molecule has 0 saturated heterocycles. The maximum atomic E-state index is 11.3. The van der Waals surface area contributed by atoms with Crippen LogP contribution in [-0.2, 0) is 21.6 Å². The Morgan fingerprint density at radius 3 is 3.00 bits per heavy atom. The Morgan fingerprint density at radius 2 is 2.43 bits per heavy atom. The molecule has 0 spiro atoms. The molecule has 0 aliphatic heterocycles. The van der Waals surface area contributed by atoms with Crippen LogP contribution in [0, 0.1) is 0 Å². The number of carbonyl (C=O) groups is 1. The van der Waals surface area contributed by atoms with Crippen molar-refractivity contribution in [2.45, 2.75) is 12.7 Å². The van der Waals surface area contributed by atoms with E-state index in [9.17, 15) is 13.6 Å². The lowest BCUT2D eigenvalue weighted by Gasteiger charge is -2.05. The van der Waals surface area contributed by atoms with E-state index < -0.39 is 17.0 Å². The van der Waals surface area contributed by atoms with E-state index >= 15 is 0 Å². The molecule has 1 unspecified atom stereocenters. The van der Waals surface area contributed by atoms with Gasteiger partial charge in [0.05, 0.1) is 6.61 Å². The van der Waals surface area contributed by atoms with Gasteiger partial charge < -0.3 is 9.29 Å². The lowest BCUT2D eigenvalue weighted by molar-refractivity contribution is 0.0531. The van der Waals surface area contributed by atoms with Gasteiger partial charge in [-0.2, -0.15) is 0 Å². The van der Waals surface area contributed by atoms with Crippen molar-refractivity contribution in [3.8, 4) is 0 Å². The third kappa shape index (κ3) is 2.90. The second-order valence-electron chi connectivity index (χ2n) is 2.44. The molecule has 0 bridgehead atoms. The van der Waals surface area contributed by atoms with Crippen LogP contribution >= 0.6 is 11.3 Å². The molecule has 0 amide bonds. The highest BCUT2D eigenvalue weighted by Crippen LogP contribution is 2.19. The average molecular weight is 233 g/mol. The van der Waals surface area contributed by atoms with E-state index in [0.717, 1.165) is 0 Å². The summed E-state index contributed by atoms with van der Waals surface area (Å²) in [5, 5.41) is 1.68. The van der Waals surface area contributed by atoms with E-state index in [4.69, 9.17) is 4.74 Å². The van der Waals surface area contributed by atoms with Gasteiger partial charge in [0, 0.05) is 5.75 Å². The van der Waals surface area contributed by atoms with Crippen LogP contribution in [0.25, 0.3) is 0 Å². The molecule has 1 rings (SSSR count). The summed E-state index contributed by atoms with van der Waals surface area (Å²) < 4.78 is 25.7. The molecule has 4 nitrogen and oxygen atoms in total. The lowest BCUT2D eigenvalue weighted by Crippen LogP contribution is -2.06. The number of hydrogen-bond donors (Lipinski definition) is 0. The van der Waals surface area contributed by atoms with Crippen LogP contribution in [0.3, 0.4) is 0 Å². The van der Waals surface area contributed by atoms with Crippen LogP contribution in [-0.4, -0.2) is 21.3 Å². The van der Waals surface area contributed by atoms with Gasteiger partial charge in [-0.1, -0.05) is 11.1 Å². The van der Waals surface area contributed by atoms with Crippen LogP contribution in [0.15, 0.2) is 11.4 Å². The Balaban J connectivity index is 2.81. The largest absolute Gasteiger partial charge is 0.772 e. The monoisotopic (exact) mass is 233 g/mol. The predicted molar refractivity (Wildman–Crippen MR) is 52.9 cm³/mol. The molecule has 0 radical (unpaired) electrons. The molecular weight excluding hydrogens is 224 g/mol. The summed E-state index contributed by atoms with van der Waals surface area (Å²) in [5.74, 6) is -0.597. The molecule has 14 heavy (non-hydrogen) atoms. The van der Waals surface area contributed by atoms with Crippen molar-refractivity contribution in [1.82, 2.24) is 0 Å². The molecule has 0 saturated carbocycles. The van der Waals surface area contributed by atoms with Crippen molar-refractivity contribution in [3.63, 3.8) is 0 Å². The molecular formula is C8H9O4S2-. The van der Waals surface area contributed by atoms with Gasteiger partial charge >= 0.3 is 5.97 Å². The second kappa shape index (κ2) is 5.23. The zero-order chi connectivity index (χ0) is 10.6. The van der Waals surface area contributed by atoms with E-state index in [1.54, 1.807) is 18.4 Å². The highest BCUT2D eigenvalue weighted by molar-refractivity contribution is 7.78. The number of thiophene rings is 1. The summed E-state index contributed by atoms with van der Waals surface area (Å²) in [5.41, 5.74) is 0.502. The van der Waals surface area contributed by atoms with Crippen LogP contribution < -0.4 is 0 Å². The minimum Gasteiger partial charge on any atom is -0.772 e. The van der Waals surface area contributed by atoms with Gasteiger partial charge in [0.15, 0.2) is 0 Å². The van der Waals surface area contributed by atoms with Crippen molar-refractivity contribution in [3.05, 3.63) is 21.9 Å². The summed E-state index contributed by atoms with van der Waals surface area (Å²) in [6.45, 7) is 1.99. The van der Waals surface area contributed by atoms with Crippen molar-refractivity contribution >= 4 is 28.4 Å². The van der Waals surface area contributed by atoms with Crippen LogP contribution in [0.1, 0.15) is 22.2 Å². The van der Waals surface area contributed by atoms with Crippen molar-refractivity contribution in [2.24, 2.45) is 0 Å². The first-order valence-electron chi connectivity index (χ1n) is 3.94. The minimum atomic E-state index is -2.18. The smallest absolute Gasteiger partial charge is 0.348 e. The van der Waals surface area contributed by atoms with Crippen LogP contribution in [0.2, 0.25) is 0 Å². The highest BCUT2D eigenvalue weighted by Gasteiger charge is 2.13. The molecule has 0 N–H and O–H groups in total. The third-order valence-electron chi connectivity index (χ3n) is 1.48. The van der Waals surface area contributed by atoms with Gasteiger partial charge in [0.1, 0.15) is 4.88 Å². The van der Waals surface area contributed by atoms with E-state index in [2.05, 4.69) is 0 Å². The van der Waals surface area contributed by atoms with Crippen molar-refractivity contribution < 1.29 is 18.3 Å². The Hall–Kier alpha value is -0.720. The van der Waals surface area contributed by atoms with Gasteiger partial charge in [-0.25, -0.2) is 4.79 Å². The standard InChI is InChI=1S/C8H10O4S2/c1-2-12-8(9)7-6(3-4-13-7)5-14(10)11/h3-4H,2,5H2,1H3,(H,10,11)/p-1. The van der Waals surface area contributed by atoms with Crippen molar-refractivity contribution in [1.29, 1.82) is 0 Å². The molecule has 0 aliphatic carbocycles. The number of carbonyl (C=O) groups excluding carboxylic acids is 1. The normalized spacial score (nSPS) is 12.4. The Labute approximate surface area is 88.2 Å². The summed E-state index contributed by atoms with van der Waals surface area (Å²) in [4.78, 5) is 11.7. The molecule has 1 heterocycles. The molecule has 1 atom stereocenters. The van der Waals surface area contributed by atoms with E-state index in [1.165, 1.54) is 11.3 Å². The minimum absolute atomic E-state index is 0.141. The Kier molecular flexibility index (Phi) is 4.24. The number of rotatable bonds is 4. The second-order valence-corrected chi connectivity index (χ2v) is 4.26. The van der Waals surface area contributed by atoms with E-state index in [1.807, 2.05) is 0 Å². The summed E-state index contributed by atoms with van der Waals surface area (Å²) in [6, 6.07) is 1.62. The third-order valence-corrected chi connectivity index (χ3v) is 2.96. The maximum absolute atomic E-state index is 11.3. The van der Waals surface area contributed by atoms with E-state index in [-0.39, 0.29) is 12.4 Å². The molecule has 1 aromatic heterocycles. The number of ether oxygens (including phenoxy) is 1. The lowest BCUT2D eigenvalue weighted by atomic mass is 10.3. The molecule has 0 fully saturated rings. The Morgan fingerprint density at radius 1 is 1.71 bits per heavy atom. The fourth-order valence-electron chi connectivity index (χ4n) is 0.952. The summed E-state index contributed by atoms with van der Waals surface area (Å²) in [7, 11) is 0. The van der Waals surface area contributed by atoms with Gasteiger partial charge in [-0.15, -0.1) is 11.3 Å².